The minimum absolute atomic E-state index is 0.000129. The van der Waals surface area contributed by atoms with Crippen molar-refractivity contribution in [3.63, 3.8) is 0 Å². The molecular formula is C17H21N3O2. The molecule has 5 heteroatoms. The SMILES string of the molecule is CCCCCn1nnc(C(=O)O)c1/C=C/c1ccc(C)cc1. The van der Waals surface area contributed by atoms with Crippen molar-refractivity contribution in [1.82, 2.24) is 15.0 Å². The zero-order valence-electron chi connectivity index (χ0n) is 13.0. The molecule has 0 radical (unpaired) electrons. The number of aryl methyl sites for hydroxylation is 2. The molecule has 0 aliphatic rings. The summed E-state index contributed by atoms with van der Waals surface area (Å²) in [5, 5.41) is 17.0. The first-order chi connectivity index (χ1) is 10.6. The lowest BCUT2D eigenvalue weighted by atomic mass is 10.1. The zero-order chi connectivity index (χ0) is 15.9. The van der Waals surface area contributed by atoms with Gasteiger partial charge >= 0.3 is 5.97 Å². The van der Waals surface area contributed by atoms with Crippen LogP contribution >= 0.6 is 0 Å². The van der Waals surface area contributed by atoms with Crippen LogP contribution in [0.25, 0.3) is 12.2 Å². The summed E-state index contributed by atoms with van der Waals surface area (Å²) in [7, 11) is 0. The minimum atomic E-state index is -1.05. The maximum Gasteiger partial charge on any atom is 0.358 e. The Hall–Kier alpha value is -2.43. The smallest absolute Gasteiger partial charge is 0.358 e. The molecule has 0 saturated heterocycles. The topological polar surface area (TPSA) is 68.0 Å². The highest BCUT2D eigenvalue weighted by molar-refractivity contribution is 5.90. The molecule has 5 nitrogen and oxygen atoms in total. The molecule has 0 unspecified atom stereocenters. The molecule has 0 bridgehead atoms. The van der Waals surface area contributed by atoms with Gasteiger partial charge in [-0.25, -0.2) is 9.48 Å². The Bertz CT molecular complexity index is 657. The molecular weight excluding hydrogens is 278 g/mol. The second-order valence-electron chi connectivity index (χ2n) is 5.30. The van der Waals surface area contributed by atoms with Crippen LogP contribution in [0.2, 0.25) is 0 Å². The Balaban J connectivity index is 2.24. The molecule has 0 amide bonds. The third-order valence-corrected chi connectivity index (χ3v) is 3.46. The third kappa shape index (κ3) is 4.04. The molecule has 0 spiro atoms. The number of carboxylic acid groups (broad SMARTS) is 1. The number of hydrogen-bond acceptors (Lipinski definition) is 3. The number of aromatic nitrogens is 3. The van der Waals surface area contributed by atoms with E-state index in [2.05, 4.69) is 17.2 Å². The predicted octanol–water partition coefficient (Wildman–Crippen LogP) is 3.65. The third-order valence-electron chi connectivity index (χ3n) is 3.46. The van der Waals surface area contributed by atoms with Gasteiger partial charge in [-0.2, -0.15) is 0 Å². The van der Waals surface area contributed by atoms with Gasteiger partial charge in [0.1, 0.15) is 0 Å². The fourth-order valence-electron chi connectivity index (χ4n) is 2.17. The van der Waals surface area contributed by atoms with Crippen LogP contribution in [-0.2, 0) is 6.54 Å². The molecule has 1 aromatic heterocycles. The number of nitrogens with zero attached hydrogens (tertiary/aromatic N) is 3. The summed E-state index contributed by atoms with van der Waals surface area (Å²) < 4.78 is 1.67. The number of aromatic carboxylic acids is 1. The van der Waals surface area contributed by atoms with Crippen LogP contribution in [-0.4, -0.2) is 26.1 Å². The zero-order valence-corrected chi connectivity index (χ0v) is 13.0. The lowest BCUT2D eigenvalue weighted by molar-refractivity contribution is 0.0690. The van der Waals surface area contributed by atoms with Crippen molar-refractivity contribution in [2.24, 2.45) is 0 Å². The number of unbranched alkanes of at least 4 members (excludes halogenated alkanes) is 2. The van der Waals surface area contributed by atoms with E-state index in [0.717, 1.165) is 24.8 Å². The number of carboxylic acids is 1. The maximum atomic E-state index is 11.3. The molecule has 22 heavy (non-hydrogen) atoms. The summed E-state index contributed by atoms with van der Waals surface area (Å²) >= 11 is 0. The summed E-state index contributed by atoms with van der Waals surface area (Å²) in [5.74, 6) is -1.05. The van der Waals surface area contributed by atoms with Crippen molar-refractivity contribution in [3.05, 3.63) is 46.8 Å². The van der Waals surface area contributed by atoms with Crippen LogP contribution in [0.1, 0.15) is 53.5 Å². The van der Waals surface area contributed by atoms with Gasteiger partial charge in [0, 0.05) is 6.54 Å². The molecule has 116 valence electrons. The van der Waals surface area contributed by atoms with Gasteiger partial charge in [0.2, 0.25) is 0 Å². The average Bonchev–Trinajstić information content (AvgIpc) is 2.90. The highest BCUT2D eigenvalue weighted by atomic mass is 16.4. The fourth-order valence-corrected chi connectivity index (χ4v) is 2.17. The summed E-state index contributed by atoms with van der Waals surface area (Å²) in [4.78, 5) is 11.3. The summed E-state index contributed by atoms with van der Waals surface area (Å²) in [6, 6.07) is 8.04. The lowest BCUT2D eigenvalue weighted by Crippen LogP contribution is -2.05. The van der Waals surface area contributed by atoms with Gasteiger partial charge < -0.3 is 5.11 Å². The molecule has 0 aliphatic carbocycles. The second-order valence-corrected chi connectivity index (χ2v) is 5.30. The van der Waals surface area contributed by atoms with Gasteiger partial charge in [-0.05, 0) is 25.0 Å². The van der Waals surface area contributed by atoms with Crippen LogP contribution in [0.3, 0.4) is 0 Å². The van der Waals surface area contributed by atoms with Gasteiger partial charge in [-0.3, -0.25) is 0 Å². The quantitative estimate of drug-likeness (QED) is 0.792. The van der Waals surface area contributed by atoms with E-state index in [1.54, 1.807) is 10.8 Å². The van der Waals surface area contributed by atoms with E-state index < -0.39 is 5.97 Å². The molecule has 2 rings (SSSR count). The largest absolute Gasteiger partial charge is 0.476 e. The van der Waals surface area contributed by atoms with Gasteiger partial charge in [-0.1, -0.05) is 60.9 Å². The van der Waals surface area contributed by atoms with E-state index >= 15 is 0 Å². The summed E-state index contributed by atoms with van der Waals surface area (Å²) in [6.45, 7) is 4.84. The molecule has 2 aromatic rings. The van der Waals surface area contributed by atoms with Crippen molar-refractivity contribution in [2.75, 3.05) is 0 Å². The Morgan fingerprint density at radius 2 is 1.95 bits per heavy atom. The van der Waals surface area contributed by atoms with E-state index in [9.17, 15) is 9.90 Å². The van der Waals surface area contributed by atoms with Gasteiger partial charge in [0.25, 0.3) is 0 Å². The molecule has 1 aromatic carbocycles. The maximum absolute atomic E-state index is 11.3. The van der Waals surface area contributed by atoms with E-state index in [1.807, 2.05) is 37.3 Å². The van der Waals surface area contributed by atoms with Crippen LogP contribution in [0, 0.1) is 6.92 Å². The first-order valence-electron chi connectivity index (χ1n) is 7.53. The van der Waals surface area contributed by atoms with E-state index in [-0.39, 0.29) is 5.69 Å². The molecule has 0 fully saturated rings. The highest BCUT2D eigenvalue weighted by Crippen LogP contribution is 2.13. The van der Waals surface area contributed by atoms with E-state index in [0.29, 0.717) is 12.2 Å². The van der Waals surface area contributed by atoms with Crippen molar-refractivity contribution in [1.29, 1.82) is 0 Å². The molecule has 1 heterocycles. The molecule has 0 atom stereocenters. The van der Waals surface area contributed by atoms with Crippen LogP contribution in [0.4, 0.5) is 0 Å². The Morgan fingerprint density at radius 1 is 1.23 bits per heavy atom. The number of rotatable bonds is 7. The molecule has 1 N–H and O–H groups in total. The van der Waals surface area contributed by atoms with E-state index in [1.165, 1.54) is 5.56 Å². The lowest BCUT2D eigenvalue weighted by Gasteiger charge is -2.03. The van der Waals surface area contributed by atoms with Gasteiger partial charge in [0.05, 0.1) is 5.69 Å². The fraction of sp³-hybridized carbons (Fsp3) is 0.353. The molecule has 0 saturated carbocycles. The van der Waals surface area contributed by atoms with Gasteiger partial charge in [-0.15, -0.1) is 5.10 Å². The number of hydrogen-bond donors (Lipinski definition) is 1. The summed E-state index contributed by atoms with van der Waals surface area (Å²) in [5.41, 5.74) is 2.75. The van der Waals surface area contributed by atoms with Crippen molar-refractivity contribution in [2.45, 2.75) is 39.7 Å². The van der Waals surface area contributed by atoms with Crippen molar-refractivity contribution >= 4 is 18.1 Å². The predicted molar refractivity (Wildman–Crippen MR) is 86.6 cm³/mol. The summed E-state index contributed by atoms with van der Waals surface area (Å²) in [6.07, 6.45) is 6.82. The first-order valence-corrected chi connectivity index (χ1v) is 7.53. The Kier molecular flexibility index (Phi) is 5.47. The Labute approximate surface area is 130 Å². The standard InChI is InChI=1S/C17H21N3O2/c1-3-4-5-12-20-15(16(17(21)22)18-19-20)11-10-14-8-6-13(2)7-9-14/h6-11H,3-5,12H2,1-2H3,(H,21,22)/b11-10+. The first kappa shape index (κ1) is 15.9. The monoisotopic (exact) mass is 299 g/mol. The average molecular weight is 299 g/mol. The van der Waals surface area contributed by atoms with Crippen LogP contribution < -0.4 is 0 Å². The minimum Gasteiger partial charge on any atom is -0.476 e. The van der Waals surface area contributed by atoms with Crippen molar-refractivity contribution in [3.8, 4) is 0 Å². The van der Waals surface area contributed by atoms with Gasteiger partial charge in [0.15, 0.2) is 5.69 Å². The van der Waals surface area contributed by atoms with E-state index in [4.69, 9.17) is 0 Å². The van der Waals surface area contributed by atoms with Crippen LogP contribution in [0.5, 0.6) is 0 Å². The second kappa shape index (κ2) is 7.54. The molecule has 0 aliphatic heterocycles. The highest BCUT2D eigenvalue weighted by Gasteiger charge is 2.16. The normalized spacial score (nSPS) is 11.2. The Morgan fingerprint density at radius 3 is 2.59 bits per heavy atom. The number of benzene rings is 1. The van der Waals surface area contributed by atoms with Crippen LogP contribution in [0.15, 0.2) is 24.3 Å². The number of carbonyl (C=O) groups is 1. The van der Waals surface area contributed by atoms with Crippen molar-refractivity contribution < 1.29 is 9.90 Å².